The van der Waals surface area contributed by atoms with Gasteiger partial charge in [-0.05, 0) is 37.8 Å². The Morgan fingerprint density at radius 1 is 1.12 bits per heavy atom. The number of anilines is 1. The van der Waals surface area contributed by atoms with Crippen LogP contribution in [0, 0.1) is 5.92 Å². The van der Waals surface area contributed by atoms with Crippen LogP contribution in [0.5, 0.6) is 0 Å². The summed E-state index contributed by atoms with van der Waals surface area (Å²) in [6, 6.07) is 3.89. The number of piperidine rings is 1. The molecule has 1 aromatic rings. The summed E-state index contributed by atoms with van der Waals surface area (Å²) in [5.41, 5.74) is 6.55. The van der Waals surface area contributed by atoms with Gasteiger partial charge >= 0.3 is 0 Å². The molecule has 3 rings (SSSR count). The number of carbonyl (C=O) groups excluding carboxylic acids is 2. The average molecular weight is 330 g/mol. The largest absolute Gasteiger partial charge is 0.371 e. The Morgan fingerprint density at radius 2 is 1.83 bits per heavy atom. The van der Waals surface area contributed by atoms with Gasteiger partial charge in [0.1, 0.15) is 5.69 Å². The molecule has 2 fully saturated rings. The molecule has 130 valence electrons. The Balaban J connectivity index is 1.51. The van der Waals surface area contributed by atoms with Crippen LogP contribution < -0.4 is 16.0 Å². The lowest BCUT2D eigenvalue weighted by atomic mass is 9.88. The maximum absolute atomic E-state index is 12.4. The van der Waals surface area contributed by atoms with Crippen LogP contribution in [0.2, 0.25) is 0 Å². The Morgan fingerprint density at radius 3 is 2.50 bits per heavy atom. The third-order valence-electron chi connectivity index (χ3n) is 5.18. The van der Waals surface area contributed by atoms with Crippen LogP contribution in [0.4, 0.5) is 5.69 Å². The number of nitrogens with zero attached hydrogens (tertiary/aromatic N) is 2. The predicted molar refractivity (Wildman–Crippen MR) is 92.7 cm³/mol. The van der Waals surface area contributed by atoms with Crippen LogP contribution in [0.25, 0.3) is 0 Å². The molecule has 0 spiro atoms. The van der Waals surface area contributed by atoms with Crippen molar-refractivity contribution in [1.29, 1.82) is 0 Å². The lowest BCUT2D eigenvalue weighted by molar-refractivity contribution is -0.126. The zero-order valence-corrected chi connectivity index (χ0v) is 14.0. The molecule has 1 saturated heterocycles. The second-order valence-electron chi connectivity index (χ2n) is 6.87. The molecule has 2 heterocycles. The smallest absolute Gasteiger partial charge is 0.267 e. The van der Waals surface area contributed by atoms with Crippen molar-refractivity contribution in [3.63, 3.8) is 0 Å². The molecule has 1 aliphatic carbocycles. The van der Waals surface area contributed by atoms with E-state index in [1.165, 1.54) is 19.3 Å². The van der Waals surface area contributed by atoms with E-state index in [0.717, 1.165) is 44.5 Å². The van der Waals surface area contributed by atoms with Crippen molar-refractivity contribution < 1.29 is 9.59 Å². The SMILES string of the molecule is NC(=O)c1cc(N2CCC(NC(=O)C3CCCCC3)CC2)ccn1. The van der Waals surface area contributed by atoms with Crippen molar-refractivity contribution in [2.45, 2.75) is 51.0 Å². The number of nitrogens with one attached hydrogen (secondary N) is 1. The lowest BCUT2D eigenvalue weighted by Crippen LogP contribution is -2.46. The Bertz CT molecular complexity index is 590. The topological polar surface area (TPSA) is 88.3 Å². The lowest BCUT2D eigenvalue weighted by Gasteiger charge is -2.35. The second kappa shape index (κ2) is 7.64. The number of amides is 2. The average Bonchev–Trinajstić information content (AvgIpc) is 2.63. The standard InChI is InChI=1S/C18H26N4O2/c19-17(23)16-12-15(6-9-20-16)22-10-7-14(8-11-22)21-18(24)13-4-2-1-3-5-13/h6,9,12-14H,1-5,7-8,10-11H2,(H2,19,23)(H,21,24). The maximum Gasteiger partial charge on any atom is 0.267 e. The minimum Gasteiger partial charge on any atom is -0.371 e. The Hall–Kier alpha value is -2.11. The van der Waals surface area contributed by atoms with Gasteiger partial charge in [0.15, 0.2) is 0 Å². The highest BCUT2D eigenvalue weighted by Crippen LogP contribution is 2.25. The highest BCUT2D eigenvalue weighted by molar-refractivity contribution is 5.91. The predicted octanol–water partition coefficient (Wildman–Crippen LogP) is 1.85. The van der Waals surface area contributed by atoms with Gasteiger partial charge in [-0.25, -0.2) is 0 Å². The molecule has 1 saturated carbocycles. The van der Waals surface area contributed by atoms with Gasteiger partial charge in [-0.2, -0.15) is 0 Å². The molecular weight excluding hydrogens is 304 g/mol. The summed E-state index contributed by atoms with van der Waals surface area (Å²) in [4.78, 5) is 29.8. The van der Waals surface area contributed by atoms with Crippen molar-refractivity contribution in [2.24, 2.45) is 11.7 Å². The van der Waals surface area contributed by atoms with E-state index in [0.29, 0.717) is 5.69 Å². The fraction of sp³-hybridized carbons (Fsp3) is 0.611. The van der Waals surface area contributed by atoms with E-state index in [-0.39, 0.29) is 17.9 Å². The van der Waals surface area contributed by atoms with Crippen molar-refractivity contribution >= 4 is 17.5 Å². The summed E-state index contributed by atoms with van der Waals surface area (Å²) in [6.07, 6.45) is 9.17. The number of primary amides is 1. The molecule has 1 aromatic heterocycles. The first-order valence-corrected chi connectivity index (χ1v) is 8.94. The quantitative estimate of drug-likeness (QED) is 0.882. The van der Waals surface area contributed by atoms with Gasteiger partial charge in [0.05, 0.1) is 0 Å². The van der Waals surface area contributed by atoms with Crippen LogP contribution in [-0.2, 0) is 4.79 Å². The molecule has 0 atom stereocenters. The van der Waals surface area contributed by atoms with E-state index in [1.807, 2.05) is 6.07 Å². The first-order valence-electron chi connectivity index (χ1n) is 8.94. The van der Waals surface area contributed by atoms with E-state index in [1.54, 1.807) is 12.3 Å². The summed E-state index contributed by atoms with van der Waals surface area (Å²) in [5, 5.41) is 3.24. The third kappa shape index (κ3) is 4.04. The Kier molecular flexibility index (Phi) is 5.33. The zero-order chi connectivity index (χ0) is 16.9. The van der Waals surface area contributed by atoms with Crippen LogP contribution in [0.1, 0.15) is 55.4 Å². The fourth-order valence-electron chi connectivity index (χ4n) is 3.72. The molecule has 0 radical (unpaired) electrons. The summed E-state index contributed by atoms with van der Waals surface area (Å²) in [5.74, 6) is -0.0466. The molecule has 2 amide bonds. The minimum absolute atomic E-state index is 0.218. The van der Waals surface area contributed by atoms with E-state index < -0.39 is 5.91 Å². The number of pyridine rings is 1. The number of carbonyl (C=O) groups is 2. The first-order chi connectivity index (χ1) is 11.6. The molecule has 1 aliphatic heterocycles. The molecule has 6 nitrogen and oxygen atoms in total. The van der Waals surface area contributed by atoms with E-state index in [4.69, 9.17) is 5.73 Å². The molecule has 0 aromatic carbocycles. The molecule has 24 heavy (non-hydrogen) atoms. The van der Waals surface area contributed by atoms with Gasteiger partial charge in [0, 0.05) is 36.9 Å². The van der Waals surface area contributed by atoms with Crippen LogP contribution in [0.3, 0.4) is 0 Å². The number of aromatic nitrogens is 1. The van der Waals surface area contributed by atoms with Gasteiger partial charge < -0.3 is 16.0 Å². The summed E-state index contributed by atoms with van der Waals surface area (Å²) >= 11 is 0. The first kappa shape index (κ1) is 16.7. The molecular formula is C18H26N4O2. The molecule has 0 unspecified atom stereocenters. The van der Waals surface area contributed by atoms with Gasteiger partial charge in [-0.15, -0.1) is 0 Å². The number of hydrogen-bond acceptors (Lipinski definition) is 4. The van der Waals surface area contributed by atoms with Crippen molar-refractivity contribution in [1.82, 2.24) is 10.3 Å². The normalized spacial score (nSPS) is 19.9. The minimum atomic E-state index is -0.508. The van der Waals surface area contributed by atoms with Gasteiger partial charge in [0.25, 0.3) is 5.91 Å². The molecule has 0 bridgehead atoms. The highest BCUT2D eigenvalue weighted by Gasteiger charge is 2.26. The van der Waals surface area contributed by atoms with E-state index in [2.05, 4.69) is 15.2 Å². The van der Waals surface area contributed by atoms with Gasteiger partial charge in [0.2, 0.25) is 5.91 Å². The molecule has 6 heteroatoms. The number of nitrogens with two attached hydrogens (primary N) is 1. The van der Waals surface area contributed by atoms with Crippen molar-refractivity contribution in [2.75, 3.05) is 18.0 Å². The summed E-state index contributed by atoms with van der Waals surface area (Å²) in [7, 11) is 0. The van der Waals surface area contributed by atoms with Gasteiger partial charge in [-0.3, -0.25) is 14.6 Å². The van der Waals surface area contributed by atoms with Crippen LogP contribution >= 0.6 is 0 Å². The number of rotatable bonds is 4. The van der Waals surface area contributed by atoms with E-state index in [9.17, 15) is 9.59 Å². The third-order valence-corrected chi connectivity index (χ3v) is 5.18. The Labute approximate surface area is 142 Å². The van der Waals surface area contributed by atoms with Crippen LogP contribution in [-0.4, -0.2) is 35.9 Å². The van der Waals surface area contributed by atoms with E-state index >= 15 is 0 Å². The van der Waals surface area contributed by atoms with Crippen molar-refractivity contribution in [3.8, 4) is 0 Å². The zero-order valence-electron chi connectivity index (χ0n) is 14.0. The maximum atomic E-state index is 12.4. The van der Waals surface area contributed by atoms with Crippen LogP contribution in [0.15, 0.2) is 18.3 Å². The summed E-state index contributed by atoms with van der Waals surface area (Å²) in [6.45, 7) is 1.72. The second-order valence-corrected chi connectivity index (χ2v) is 6.87. The molecule has 2 aliphatic rings. The van der Waals surface area contributed by atoms with Gasteiger partial charge in [-0.1, -0.05) is 19.3 Å². The highest BCUT2D eigenvalue weighted by atomic mass is 16.2. The van der Waals surface area contributed by atoms with Crippen molar-refractivity contribution in [3.05, 3.63) is 24.0 Å². The summed E-state index contributed by atoms with van der Waals surface area (Å²) < 4.78 is 0. The fourth-order valence-corrected chi connectivity index (χ4v) is 3.72. The molecule has 3 N–H and O–H groups in total. The number of hydrogen-bond donors (Lipinski definition) is 2. The monoisotopic (exact) mass is 330 g/mol.